The van der Waals surface area contributed by atoms with Crippen molar-refractivity contribution >= 4 is 0 Å². The number of aromatic nitrogens is 1. The number of rotatable bonds is 1. The van der Waals surface area contributed by atoms with Gasteiger partial charge in [-0.2, -0.15) is 0 Å². The molecule has 1 N–H and O–H groups in total. The van der Waals surface area contributed by atoms with Gasteiger partial charge in [-0.25, -0.2) is 0 Å². The second kappa shape index (κ2) is 4.31. The van der Waals surface area contributed by atoms with Crippen LogP contribution < -0.4 is 0 Å². The van der Waals surface area contributed by atoms with E-state index in [0.717, 1.165) is 36.8 Å². The van der Waals surface area contributed by atoms with Gasteiger partial charge < -0.3 is 5.11 Å². The highest BCUT2D eigenvalue weighted by Crippen LogP contribution is 2.35. The molecule has 0 radical (unpaired) electrons. The Balaban J connectivity index is 2.26. The zero-order valence-corrected chi connectivity index (χ0v) is 9.37. The molecule has 2 nitrogen and oxygen atoms in total. The van der Waals surface area contributed by atoms with Crippen LogP contribution in [0, 0.1) is 6.92 Å². The highest BCUT2D eigenvalue weighted by molar-refractivity contribution is 5.23. The third-order valence-corrected chi connectivity index (χ3v) is 3.34. The minimum atomic E-state index is -0.616. The molecular weight excluding hydrogens is 186 g/mol. The maximum absolute atomic E-state index is 10.6. The SMILES string of the molecule is Cc1cncc(C2(O)CCCCCC2)c1. The van der Waals surface area contributed by atoms with Gasteiger partial charge in [0.25, 0.3) is 0 Å². The molecule has 0 saturated heterocycles. The highest BCUT2D eigenvalue weighted by Gasteiger charge is 2.30. The third-order valence-electron chi connectivity index (χ3n) is 3.34. The molecule has 0 atom stereocenters. The minimum Gasteiger partial charge on any atom is -0.385 e. The Hall–Kier alpha value is -0.890. The molecule has 1 saturated carbocycles. The molecule has 1 aliphatic rings. The van der Waals surface area contributed by atoms with Gasteiger partial charge in [-0.3, -0.25) is 4.98 Å². The summed E-state index contributed by atoms with van der Waals surface area (Å²) in [7, 11) is 0. The molecule has 0 amide bonds. The summed E-state index contributed by atoms with van der Waals surface area (Å²) < 4.78 is 0. The van der Waals surface area contributed by atoms with Gasteiger partial charge in [0.15, 0.2) is 0 Å². The summed E-state index contributed by atoms with van der Waals surface area (Å²) in [5, 5.41) is 10.6. The van der Waals surface area contributed by atoms with E-state index in [2.05, 4.69) is 11.1 Å². The fraction of sp³-hybridized carbons (Fsp3) is 0.615. The summed E-state index contributed by atoms with van der Waals surface area (Å²) in [6.45, 7) is 2.02. The monoisotopic (exact) mass is 205 g/mol. The first kappa shape index (κ1) is 10.6. The molecule has 1 aromatic rings. The van der Waals surface area contributed by atoms with Crippen molar-refractivity contribution in [2.75, 3.05) is 0 Å². The van der Waals surface area contributed by atoms with Crippen LogP contribution in [0.25, 0.3) is 0 Å². The molecule has 0 aliphatic heterocycles. The number of aliphatic hydroxyl groups is 1. The van der Waals surface area contributed by atoms with Crippen molar-refractivity contribution in [3.8, 4) is 0 Å². The van der Waals surface area contributed by atoms with E-state index >= 15 is 0 Å². The molecule has 82 valence electrons. The van der Waals surface area contributed by atoms with Gasteiger partial charge in [0, 0.05) is 18.0 Å². The van der Waals surface area contributed by atoms with E-state index in [4.69, 9.17) is 0 Å². The molecular formula is C13H19NO. The second-order valence-electron chi connectivity index (χ2n) is 4.70. The third kappa shape index (κ3) is 2.37. The maximum Gasteiger partial charge on any atom is 0.0911 e. The molecule has 1 fully saturated rings. The van der Waals surface area contributed by atoms with Crippen molar-refractivity contribution in [3.05, 3.63) is 29.6 Å². The Morgan fingerprint density at radius 3 is 2.40 bits per heavy atom. The van der Waals surface area contributed by atoms with Gasteiger partial charge in [-0.15, -0.1) is 0 Å². The van der Waals surface area contributed by atoms with Gasteiger partial charge in [0.1, 0.15) is 0 Å². The summed E-state index contributed by atoms with van der Waals surface area (Å²) in [5.74, 6) is 0. The molecule has 2 rings (SSSR count). The molecule has 1 heterocycles. The normalized spacial score (nSPS) is 20.9. The Kier molecular flexibility index (Phi) is 3.06. The predicted molar refractivity (Wildman–Crippen MR) is 60.6 cm³/mol. The number of pyridine rings is 1. The van der Waals surface area contributed by atoms with Crippen LogP contribution in [0.3, 0.4) is 0 Å². The Bertz CT molecular complexity index is 327. The molecule has 2 heteroatoms. The molecule has 1 aliphatic carbocycles. The minimum absolute atomic E-state index is 0.616. The molecule has 1 aromatic heterocycles. The van der Waals surface area contributed by atoms with E-state index in [1.165, 1.54) is 12.8 Å². The van der Waals surface area contributed by atoms with E-state index in [1.54, 1.807) is 0 Å². The molecule has 0 spiro atoms. The summed E-state index contributed by atoms with van der Waals surface area (Å²) in [6, 6.07) is 2.07. The summed E-state index contributed by atoms with van der Waals surface area (Å²) in [4.78, 5) is 4.18. The fourth-order valence-corrected chi connectivity index (χ4v) is 2.41. The second-order valence-corrected chi connectivity index (χ2v) is 4.70. The van der Waals surface area contributed by atoms with Crippen molar-refractivity contribution in [1.82, 2.24) is 4.98 Å². The first-order valence-corrected chi connectivity index (χ1v) is 5.85. The quantitative estimate of drug-likeness (QED) is 0.715. The lowest BCUT2D eigenvalue weighted by atomic mass is 9.87. The van der Waals surface area contributed by atoms with Crippen LogP contribution in [0.1, 0.15) is 49.7 Å². The predicted octanol–water partition coefficient (Wildman–Crippen LogP) is 2.93. The Morgan fingerprint density at radius 1 is 1.13 bits per heavy atom. The average molecular weight is 205 g/mol. The van der Waals surface area contributed by atoms with Crippen molar-refractivity contribution in [2.24, 2.45) is 0 Å². The van der Waals surface area contributed by atoms with E-state index in [1.807, 2.05) is 19.3 Å². The van der Waals surface area contributed by atoms with Crippen molar-refractivity contribution < 1.29 is 5.11 Å². The average Bonchev–Trinajstić information content (AvgIpc) is 2.44. The van der Waals surface area contributed by atoms with Crippen LogP contribution >= 0.6 is 0 Å². The van der Waals surface area contributed by atoms with Crippen molar-refractivity contribution in [3.63, 3.8) is 0 Å². The van der Waals surface area contributed by atoms with Crippen LogP contribution in [-0.4, -0.2) is 10.1 Å². The van der Waals surface area contributed by atoms with Crippen LogP contribution in [0.4, 0.5) is 0 Å². The first-order chi connectivity index (χ1) is 7.21. The van der Waals surface area contributed by atoms with Crippen LogP contribution in [-0.2, 0) is 5.60 Å². The lowest BCUT2D eigenvalue weighted by Gasteiger charge is -2.27. The van der Waals surface area contributed by atoms with Crippen molar-refractivity contribution in [1.29, 1.82) is 0 Å². The lowest BCUT2D eigenvalue weighted by molar-refractivity contribution is 0.0203. The van der Waals surface area contributed by atoms with Gasteiger partial charge >= 0.3 is 0 Å². The Morgan fingerprint density at radius 2 is 1.80 bits per heavy atom. The number of nitrogens with zero attached hydrogens (tertiary/aromatic N) is 1. The topological polar surface area (TPSA) is 33.1 Å². The van der Waals surface area contributed by atoms with Crippen LogP contribution in [0.2, 0.25) is 0 Å². The molecule has 0 unspecified atom stereocenters. The number of hydrogen-bond donors (Lipinski definition) is 1. The lowest BCUT2D eigenvalue weighted by Crippen LogP contribution is -2.24. The van der Waals surface area contributed by atoms with Gasteiger partial charge in [-0.1, -0.05) is 31.7 Å². The molecule has 15 heavy (non-hydrogen) atoms. The van der Waals surface area contributed by atoms with E-state index < -0.39 is 5.60 Å². The van der Waals surface area contributed by atoms with Crippen LogP contribution in [0.15, 0.2) is 18.5 Å². The summed E-state index contributed by atoms with van der Waals surface area (Å²) in [6.07, 6.45) is 10.2. The summed E-state index contributed by atoms with van der Waals surface area (Å²) in [5.41, 5.74) is 1.52. The van der Waals surface area contributed by atoms with Gasteiger partial charge in [-0.05, 0) is 25.3 Å². The Labute approximate surface area is 91.4 Å². The zero-order chi connectivity index (χ0) is 10.7. The van der Waals surface area contributed by atoms with E-state index in [0.29, 0.717) is 0 Å². The fourth-order valence-electron chi connectivity index (χ4n) is 2.41. The van der Waals surface area contributed by atoms with Crippen molar-refractivity contribution in [2.45, 2.75) is 51.0 Å². The molecule has 0 aromatic carbocycles. The zero-order valence-electron chi connectivity index (χ0n) is 9.37. The first-order valence-electron chi connectivity index (χ1n) is 5.85. The molecule has 0 bridgehead atoms. The standard InChI is InChI=1S/C13H19NO/c1-11-8-12(10-14-9-11)13(15)6-4-2-3-5-7-13/h8-10,15H,2-7H2,1H3. The van der Waals surface area contributed by atoms with E-state index in [-0.39, 0.29) is 0 Å². The van der Waals surface area contributed by atoms with Gasteiger partial charge in [0.2, 0.25) is 0 Å². The largest absolute Gasteiger partial charge is 0.385 e. The number of hydrogen-bond acceptors (Lipinski definition) is 2. The van der Waals surface area contributed by atoms with E-state index in [9.17, 15) is 5.11 Å². The van der Waals surface area contributed by atoms with Gasteiger partial charge in [0.05, 0.1) is 5.60 Å². The maximum atomic E-state index is 10.6. The number of aryl methyl sites for hydroxylation is 1. The van der Waals surface area contributed by atoms with Crippen LogP contribution in [0.5, 0.6) is 0 Å². The smallest absolute Gasteiger partial charge is 0.0911 e. The summed E-state index contributed by atoms with van der Waals surface area (Å²) >= 11 is 0. The highest BCUT2D eigenvalue weighted by atomic mass is 16.3.